The van der Waals surface area contributed by atoms with Gasteiger partial charge in [-0.1, -0.05) is 12.1 Å². The minimum atomic E-state index is -2.86. The maximum absolute atomic E-state index is 13.0. The Labute approximate surface area is 113 Å². The normalized spacial score (nSPS) is 10.7. The molecule has 0 unspecified atom stereocenters. The molecule has 0 radical (unpaired) electrons. The zero-order chi connectivity index (χ0) is 14.5. The quantitative estimate of drug-likeness (QED) is 0.832. The lowest BCUT2D eigenvalue weighted by Gasteiger charge is -2.08. The molecular weight excluding hydrogens is 274 g/mol. The van der Waals surface area contributed by atoms with Crippen molar-refractivity contribution >= 4 is 5.69 Å². The van der Waals surface area contributed by atoms with Gasteiger partial charge in [-0.3, -0.25) is 0 Å². The van der Waals surface area contributed by atoms with E-state index in [2.05, 4.69) is 10.1 Å². The van der Waals surface area contributed by atoms with Crippen molar-refractivity contribution in [2.45, 2.75) is 13.2 Å². The zero-order valence-electron chi connectivity index (χ0n) is 10.2. The van der Waals surface area contributed by atoms with Crippen molar-refractivity contribution in [1.82, 2.24) is 0 Å². The summed E-state index contributed by atoms with van der Waals surface area (Å²) in [5, 5.41) is 2.89. The smallest absolute Gasteiger partial charge is 0.387 e. The van der Waals surface area contributed by atoms with E-state index in [-0.39, 0.29) is 5.75 Å². The molecule has 0 saturated carbocycles. The standard InChI is InChI=1S/C14H11F4NO/c15-12-6-3-10(7-13(12)16)19-8-9-1-4-11(5-2-9)20-14(17)18/h1-7,14,19H,8H2. The molecule has 1 N–H and O–H groups in total. The van der Waals surface area contributed by atoms with Crippen LogP contribution in [0.1, 0.15) is 5.56 Å². The minimum absolute atomic E-state index is 0.0663. The van der Waals surface area contributed by atoms with Gasteiger partial charge in [0.05, 0.1) is 0 Å². The molecule has 0 aliphatic rings. The number of halogens is 4. The molecule has 0 fully saturated rings. The molecule has 0 aliphatic heterocycles. The average molecular weight is 285 g/mol. The van der Waals surface area contributed by atoms with Crippen LogP contribution >= 0.6 is 0 Å². The summed E-state index contributed by atoms with van der Waals surface area (Å²) in [6.07, 6.45) is 0. The maximum atomic E-state index is 13.0. The molecule has 0 bridgehead atoms. The van der Waals surface area contributed by atoms with Crippen molar-refractivity contribution in [3.63, 3.8) is 0 Å². The van der Waals surface area contributed by atoms with Gasteiger partial charge in [-0.05, 0) is 29.8 Å². The van der Waals surface area contributed by atoms with E-state index < -0.39 is 18.2 Å². The van der Waals surface area contributed by atoms with Crippen LogP contribution in [0, 0.1) is 11.6 Å². The topological polar surface area (TPSA) is 21.3 Å². The molecular formula is C14H11F4NO. The van der Waals surface area contributed by atoms with E-state index in [1.165, 1.54) is 18.2 Å². The van der Waals surface area contributed by atoms with Crippen molar-refractivity contribution in [2.75, 3.05) is 5.32 Å². The third-order valence-electron chi connectivity index (χ3n) is 2.56. The maximum Gasteiger partial charge on any atom is 0.387 e. The fourth-order valence-electron chi connectivity index (χ4n) is 1.60. The Balaban J connectivity index is 1.95. The average Bonchev–Trinajstić information content (AvgIpc) is 2.41. The molecule has 106 valence electrons. The van der Waals surface area contributed by atoms with Gasteiger partial charge in [0.25, 0.3) is 0 Å². The molecule has 20 heavy (non-hydrogen) atoms. The van der Waals surface area contributed by atoms with Gasteiger partial charge in [0, 0.05) is 18.3 Å². The minimum Gasteiger partial charge on any atom is -0.435 e. The molecule has 0 amide bonds. The third kappa shape index (κ3) is 3.88. The second kappa shape index (κ2) is 6.27. The van der Waals surface area contributed by atoms with E-state index in [0.29, 0.717) is 12.2 Å². The summed E-state index contributed by atoms with van der Waals surface area (Å²) in [6.45, 7) is -2.51. The number of benzene rings is 2. The van der Waals surface area contributed by atoms with Crippen molar-refractivity contribution in [2.24, 2.45) is 0 Å². The first-order chi connectivity index (χ1) is 9.54. The lowest BCUT2D eigenvalue weighted by molar-refractivity contribution is -0.0498. The summed E-state index contributed by atoms with van der Waals surface area (Å²) in [7, 11) is 0. The summed E-state index contributed by atoms with van der Waals surface area (Å²) in [6, 6.07) is 9.51. The van der Waals surface area contributed by atoms with Gasteiger partial charge in [0.15, 0.2) is 11.6 Å². The zero-order valence-corrected chi connectivity index (χ0v) is 10.2. The Kier molecular flexibility index (Phi) is 4.45. The van der Waals surface area contributed by atoms with Crippen LogP contribution in [0.25, 0.3) is 0 Å². The van der Waals surface area contributed by atoms with E-state index in [4.69, 9.17) is 0 Å². The first-order valence-corrected chi connectivity index (χ1v) is 5.77. The van der Waals surface area contributed by atoms with Crippen LogP contribution in [0.15, 0.2) is 42.5 Å². The SMILES string of the molecule is Fc1ccc(NCc2ccc(OC(F)F)cc2)cc1F. The van der Waals surface area contributed by atoms with Gasteiger partial charge in [-0.15, -0.1) is 0 Å². The highest BCUT2D eigenvalue weighted by Crippen LogP contribution is 2.17. The number of alkyl halides is 2. The predicted octanol–water partition coefficient (Wildman–Crippen LogP) is 4.18. The summed E-state index contributed by atoms with van der Waals surface area (Å²) in [5.74, 6) is -1.78. The molecule has 2 aromatic carbocycles. The highest BCUT2D eigenvalue weighted by molar-refractivity contribution is 5.44. The molecule has 0 atom stereocenters. The third-order valence-corrected chi connectivity index (χ3v) is 2.56. The van der Waals surface area contributed by atoms with Gasteiger partial charge in [0.1, 0.15) is 5.75 Å². The highest BCUT2D eigenvalue weighted by Gasteiger charge is 2.04. The summed E-state index contributed by atoms with van der Waals surface area (Å²) in [4.78, 5) is 0. The Bertz CT molecular complexity index is 572. The number of anilines is 1. The Morgan fingerprint density at radius 2 is 1.65 bits per heavy atom. The van der Waals surface area contributed by atoms with Crippen molar-refractivity contribution < 1.29 is 22.3 Å². The lowest BCUT2D eigenvalue weighted by atomic mass is 10.2. The van der Waals surface area contributed by atoms with Crippen LogP contribution in [0.4, 0.5) is 23.2 Å². The van der Waals surface area contributed by atoms with Crippen LogP contribution in [0.3, 0.4) is 0 Å². The molecule has 2 aromatic rings. The molecule has 0 saturated heterocycles. The van der Waals surface area contributed by atoms with E-state index in [1.807, 2.05) is 0 Å². The summed E-state index contributed by atoms with van der Waals surface area (Å²) >= 11 is 0. The predicted molar refractivity (Wildman–Crippen MR) is 66.8 cm³/mol. The number of hydrogen-bond donors (Lipinski definition) is 1. The van der Waals surface area contributed by atoms with Crippen LogP contribution in [-0.4, -0.2) is 6.61 Å². The first-order valence-electron chi connectivity index (χ1n) is 5.77. The van der Waals surface area contributed by atoms with Gasteiger partial charge >= 0.3 is 6.61 Å². The highest BCUT2D eigenvalue weighted by atomic mass is 19.3. The van der Waals surface area contributed by atoms with Crippen LogP contribution in [0.2, 0.25) is 0 Å². The largest absolute Gasteiger partial charge is 0.435 e. The second-order valence-electron chi connectivity index (χ2n) is 4.00. The van der Waals surface area contributed by atoms with Crippen LogP contribution < -0.4 is 10.1 Å². The number of nitrogens with one attached hydrogen (secondary N) is 1. The molecule has 2 rings (SSSR count). The van der Waals surface area contributed by atoms with E-state index in [9.17, 15) is 17.6 Å². The fourth-order valence-corrected chi connectivity index (χ4v) is 1.60. The number of rotatable bonds is 5. The van der Waals surface area contributed by atoms with E-state index in [0.717, 1.165) is 17.7 Å². The fraction of sp³-hybridized carbons (Fsp3) is 0.143. The molecule has 0 aliphatic carbocycles. The van der Waals surface area contributed by atoms with Crippen LogP contribution in [0.5, 0.6) is 5.75 Å². The van der Waals surface area contributed by atoms with E-state index >= 15 is 0 Å². The van der Waals surface area contributed by atoms with Gasteiger partial charge in [-0.2, -0.15) is 8.78 Å². The Morgan fingerprint density at radius 1 is 0.950 bits per heavy atom. The number of ether oxygens (including phenoxy) is 1. The molecule has 0 spiro atoms. The van der Waals surface area contributed by atoms with Gasteiger partial charge in [-0.25, -0.2) is 8.78 Å². The van der Waals surface area contributed by atoms with Crippen LogP contribution in [-0.2, 0) is 6.54 Å². The number of hydrogen-bond acceptors (Lipinski definition) is 2. The molecule has 0 heterocycles. The molecule has 0 aromatic heterocycles. The van der Waals surface area contributed by atoms with Crippen molar-refractivity contribution in [1.29, 1.82) is 0 Å². The summed E-state index contributed by atoms with van der Waals surface area (Å²) < 4.78 is 53.8. The Hall–Kier alpha value is -2.24. The Morgan fingerprint density at radius 3 is 2.25 bits per heavy atom. The van der Waals surface area contributed by atoms with E-state index in [1.54, 1.807) is 12.1 Å². The van der Waals surface area contributed by atoms with Crippen molar-refractivity contribution in [3.05, 3.63) is 59.7 Å². The summed E-state index contributed by atoms with van der Waals surface area (Å²) in [5.41, 5.74) is 1.22. The van der Waals surface area contributed by atoms with Gasteiger partial charge < -0.3 is 10.1 Å². The van der Waals surface area contributed by atoms with Crippen molar-refractivity contribution in [3.8, 4) is 5.75 Å². The molecule has 2 nitrogen and oxygen atoms in total. The van der Waals surface area contributed by atoms with Gasteiger partial charge in [0.2, 0.25) is 0 Å². The molecule has 6 heteroatoms. The lowest BCUT2D eigenvalue weighted by Crippen LogP contribution is -2.03. The monoisotopic (exact) mass is 285 g/mol. The first kappa shape index (κ1) is 14.2. The second-order valence-corrected chi connectivity index (χ2v) is 4.00.